The minimum atomic E-state index is 0.0746. The number of benzene rings is 1. The molecule has 1 heterocycles. The molecule has 74 valence electrons. The van der Waals surface area contributed by atoms with Gasteiger partial charge in [0.2, 0.25) is 0 Å². The van der Waals surface area contributed by atoms with Crippen molar-refractivity contribution in [2.75, 3.05) is 0 Å². The molecule has 2 heteroatoms. The van der Waals surface area contributed by atoms with E-state index in [1.54, 1.807) is 0 Å². The van der Waals surface area contributed by atoms with Crippen LogP contribution < -0.4 is 5.32 Å². The number of hydrogen-bond donors (Lipinski definition) is 1. The van der Waals surface area contributed by atoms with Gasteiger partial charge in [-0.2, -0.15) is 0 Å². The van der Waals surface area contributed by atoms with E-state index >= 15 is 0 Å². The van der Waals surface area contributed by atoms with Gasteiger partial charge in [0, 0.05) is 12.1 Å². The summed E-state index contributed by atoms with van der Waals surface area (Å²) >= 11 is 0. The summed E-state index contributed by atoms with van der Waals surface area (Å²) in [6.07, 6.45) is 0. The van der Waals surface area contributed by atoms with Gasteiger partial charge in [0.1, 0.15) is 0 Å². The van der Waals surface area contributed by atoms with Crippen LogP contribution in [0.2, 0.25) is 0 Å². The van der Waals surface area contributed by atoms with Gasteiger partial charge in [0.05, 0.1) is 0 Å². The van der Waals surface area contributed by atoms with E-state index in [0.29, 0.717) is 12.5 Å². The lowest BCUT2D eigenvalue weighted by atomic mass is 9.95. The van der Waals surface area contributed by atoms with Crippen LogP contribution in [0.15, 0.2) is 12.1 Å². The summed E-state index contributed by atoms with van der Waals surface area (Å²) in [4.78, 5) is 11.5. The van der Waals surface area contributed by atoms with Crippen LogP contribution in [-0.4, -0.2) is 5.91 Å². The first-order valence-corrected chi connectivity index (χ1v) is 5.01. The Labute approximate surface area is 84.3 Å². The lowest BCUT2D eigenvalue weighted by molar-refractivity contribution is 0.0965. The number of aryl methyl sites for hydroxylation is 1. The molecule has 1 aromatic rings. The third kappa shape index (κ3) is 1.31. The fourth-order valence-electron chi connectivity index (χ4n) is 1.88. The largest absolute Gasteiger partial charge is 0.348 e. The van der Waals surface area contributed by atoms with Crippen LogP contribution in [0.5, 0.6) is 0 Å². The lowest BCUT2D eigenvalue weighted by Gasteiger charge is -2.09. The average Bonchev–Trinajstić information content (AvgIpc) is 2.48. The zero-order valence-corrected chi connectivity index (χ0v) is 8.85. The van der Waals surface area contributed by atoms with Crippen molar-refractivity contribution in [1.29, 1.82) is 0 Å². The Hall–Kier alpha value is -1.31. The highest BCUT2D eigenvalue weighted by Gasteiger charge is 2.21. The maximum atomic E-state index is 11.5. The number of amides is 1. The van der Waals surface area contributed by atoms with Crippen LogP contribution >= 0.6 is 0 Å². The third-order valence-electron chi connectivity index (χ3n) is 2.83. The van der Waals surface area contributed by atoms with Crippen LogP contribution in [0.4, 0.5) is 0 Å². The van der Waals surface area contributed by atoms with Gasteiger partial charge >= 0.3 is 0 Å². The molecule has 0 aliphatic carbocycles. The topological polar surface area (TPSA) is 29.1 Å². The maximum absolute atomic E-state index is 11.5. The van der Waals surface area contributed by atoms with E-state index in [0.717, 1.165) is 5.56 Å². The molecule has 0 spiro atoms. The summed E-state index contributed by atoms with van der Waals surface area (Å²) in [6.45, 7) is 7.06. The standard InChI is InChI=1S/C12H15NO/c1-7(2)9-4-8(3)11-6-13-12(14)10(11)5-9/h4-5,7H,6H2,1-3H3,(H,13,14). The molecule has 0 fully saturated rings. The Morgan fingerprint density at radius 2 is 2.07 bits per heavy atom. The molecule has 0 atom stereocenters. The summed E-state index contributed by atoms with van der Waals surface area (Å²) in [7, 11) is 0. The van der Waals surface area contributed by atoms with Gasteiger partial charge in [-0.1, -0.05) is 19.9 Å². The Morgan fingerprint density at radius 1 is 1.36 bits per heavy atom. The molecule has 1 aliphatic heterocycles. The van der Waals surface area contributed by atoms with Crippen molar-refractivity contribution < 1.29 is 4.79 Å². The van der Waals surface area contributed by atoms with E-state index in [1.807, 2.05) is 6.07 Å². The summed E-state index contributed by atoms with van der Waals surface area (Å²) < 4.78 is 0. The van der Waals surface area contributed by atoms with E-state index in [1.165, 1.54) is 16.7 Å². The first-order valence-electron chi connectivity index (χ1n) is 5.01. The molecule has 0 saturated heterocycles. The van der Waals surface area contributed by atoms with Crippen molar-refractivity contribution in [3.63, 3.8) is 0 Å². The summed E-state index contributed by atoms with van der Waals surface area (Å²) in [5.74, 6) is 0.554. The Balaban J connectivity index is 2.58. The fraction of sp³-hybridized carbons (Fsp3) is 0.417. The second-order valence-electron chi connectivity index (χ2n) is 4.20. The molecule has 1 N–H and O–H groups in total. The molecule has 0 bridgehead atoms. The number of rotatable bonds is 1. The van der Waals surface area contributed by atoms with Crippen LogP contribution in [0, 0.1) is 6.92 Å². The summed E-state index contributed by atoms with van der Waals surface area (Å²) in [6, 6.07) is 4.21. The molecule has 1 aliphatic rings. The number of nitrogens with one attached hydrogen (secondary N) is 1. The van der Waals surface area contributed by atoms with Crippen LogP contribution in [0.3, 0.4) is 0 Å². The number of fused-ring (bicyclic) bond motifs is 1. The highest BCUT2D eigenvalue weighted by Crippen LogP contribution is 2.25. The number of hydrogen-bond acceptors (Lipinski definition) is 1. The Kier molecular flexibility index (Phi) is 2.06. The van der Waals surface area contributed by atoms with Crippen molar-refractivity contribution in [3.05, 3.63) is 34.4 Å². The summed E-state index contributed by atoms with van der Waals surface area (Å²) in [5.41, 5.74) is 4.51. The third-order valence-corrected chi connectivity index (χ3v) is 2.83. The fourth-order valence-corrected chi connectivity index (χ4v) is 1.88. The molecule has 1 amide bonds. The molecular weight excluding hydrogens is 174 g/mol. The highest BCUT2D eigenvalue weighted by molar-refractivity contribution is 5.98. The molecule has 0 radical (unpaired) electrons. The minimum absolute atomic E-state index is 0.0746. The van der Waals surface area contributed by atoms with E-state index in [2.05, 4.69) is 32.2 Å². The molecule has 14 heavy (non-hydrogen) atoms. The number of carbonyl (C=O) groups excluding carboxylic acids is 1. The zero-order chi connectivity index (χ0) is 10.3. The Morgan fingerprint density at radius 3 is 2.71 bits per heavy atom. The SMILES string of the molecule is Cc1cc(C(C)C)cc2c1CNC2=O. The maximum Gasteiger partial charge on any atom is 0.251 e. The molecular formula is C12H15NO. The smallest absolute Gasteiger partial charge is 0.251 e. The first-order chi connectivity index (χ1) is 6.59. The van der Waals surface area contributed by atoms with E-state index in [-0.39, 0.29) is 5.91 Å². The predicted molar refractivity (Wildman–Crippen MR) is 56.4 cm³/mol. The van der Waals surface area contributed by atoms with Gasteiger partial charge in [-0.25, -0.2) is 0 Å². The molecule has 2 rings (SSSR count). The highest BCUT2D eigenvalue weighted by atomic mass is 16.1. The minimum Gasteiger partial charge on any atom is -0.348 e. The monoisotopic (exact) mass is 189 g/mol. The molecule has 2 nitrogen and oxygen atoms in total. The molecule has 1 aromatic carbocycles. The van der Waals surface area contributed by atoms with Crippen LogP contribution in [-0.2, 0) is 6.54 Å². The van der Waals surface area contributed by atoms with Gasteiger partial charge in [0.25, 0.3) is 5.91 Å². The van der Waals surface area contributed by atoms with Crippen molar-refractivity contribution in [3.8, 4) is 0 Å². The van der Waals surface area contributed by atoms with Gasteiger partial charge in [-0.15, -0.1) is 0 Å². The normalized spacial score (nSPS) is 14.4. The van der Waals surface area contributed by atoms with E-state index in [4.69, 9.17) is 0 Å². The zero-order valence-electron chi connectivity index (χ0n) is 8.85. The second-order valence-corrected chi connectivity index (χ2v) is 4.20. The Bertz CT molecular complexity index is 394. The first kappa shape index (κ1) is 9.25. The van der Waals surface area contributed by atoms with Gasteiger partial charge in [-0.3, -0.25) is 4.79 Å². The van der Waals surface area contributed by atoms with Crippen molar-refractivity contribution in [2.24, 2.45) is 0 Å². The number of carbonyl (C=O) groups is 1. The van der Waals surface area contributed by atoms with Gasteiger partial charge in [0.15, 0.2) is 0 Å². The molecule has 0 saturated carbocycles. The van der Waals surface area contributed by atoms with Crippen molar-refractivity contribution >= 4 is 5.91 Å². The van der Waals surface area contributed by atoms with Crippen LogP contribution in [0.1, 0.15) is 46.8 Å². The quantitative estimate of drug-likeness (QED) is 0.722. The van der Waals surface area contributed by atoms with Gasteiger partial charge < -0.3 is 5.32 Å². The average molecular weight is 189 g/mol. The van der Waals surface area contributed by atoms with E-state index in [9.17, 15) is 4.79 Å². The van der Waals surface area contributed by atoms with Crippen LogP contribution in [0.25, 0.3) is 0 Å². The lowest BCUT2D eigenvalue weighted by Crippen LogP contribution is -2.12. The predicted octanol–water partition coefficient (Wildman–Crippen LogP) is 2.36. The van der Waals surface area contributed by atoms with Crippen molar-refractivity contribution in [1.82, 2.24) is 5.32 Å². The molecule has 0 unspecified atom stereocenters. The second kappa shape index (κ2) is 3.12. The van der Waals surface area contributed by atoms with Crippen molar-refractivity contribution in [2.45, 2.75) is 33.2 Å². The summed E-state index contributed by atoms with van der Waals surface area (Å²) in [5, 5.41) is 2.85. The van der Waals surface area contributed by atoms with E-state index < -0.39 is 0 Å². The van der Waals surface area contributed by atoms with Gasteiger partial charge in [-0.05, 0) is 35.6 Å². The molecule has 0 aromatic heterocycles.